The molecule has 16 heavy (non-hydrogen) atoms. The van der Waals surface area contributed by atoms with Crippen LogP contribution in [0.5, 0.6) is 0 Å². The molecule has 2 heteroatoms. The molecule has 0 aromatic carbocycles. The fourth-order valence-corrected chi connectivity index (χ4v) is 2.40. The Morgan fingerprint density at radius 3 is 2.81 bits per heavy atom. The van der Waals surface area contributed by atoms with Crippen molar-refractivity contribution in [2.24, 2.45) is 5.92 Å². The Morgan fingerprint density at radius 2 is 2.19 bits per heavy atom. The van der Waals surface area contributed by atoms with E-state index in [0.717, 1.165) is 19.1 Å². The lowest BCUT2D eigenvalue weighted by atomic mass is 9.99. The molecule has 0 aliphatic carbocycles. The van der Waals surface area contributed by atoms with Gasteiger partial charge in [-0.1, -0.05) is 33.1 Å². The Morgan fingerprint density at radius 1 is 1.38 bits per heavy atom. The van der Waals surface area contributed by atoms with E-state index in [2.05, 4.69) is 26.1 Å². The molecule has 0 bridgehead atoms. The lowest BCUT2D eigenvalue weighted by Gasteiger charge is -2.31. The van der Waals surface area contributed by atoms with E-state index in [9.17, 15) is 0 Å². The van der Waals surface area contributed by atoms with E-state index in [1.807, 2.05) is 0 Å². The summed E-state index contributed by atoms with van der Waals surface area (Å²) in [5, 5.41) is 3.49. The van der Waals surface area contributed by atoms with Crippen molar-refractivity contribution in [2.75, 3.05) is 13.2 Å². The van der Waals surface area contributed by atoms with Gasteiger partial charge in [0.15, 0.2) is 0 Å². The van der Waals surface area contributed by atoms with Gasteiger partial charge in [-0.2, -0.15) is 0 Å². The number of ether oxygens (including phenoxy) is 1. The summed E-state index contributed by atoms with van der Waals surface area (Å²) in [6.45, 7) is 8.92. The number of unbranched alkanes of at least 4 members (excludes halogenated alkanes) is 1. The zero-order valence-corrected chi connectivity index (χ0v) is 11.3. The first-order valence-corrected chi connectivity index (χ1v) is 7.12. The molecule has 2 nitrogen and oxygen atoms in total. The van der Waals surface area contributed by atoms with Crippen LogP contribution < -0.4 is 5.32 Å². The molecule has 3 atom stereocenters. The highest BCUT2D eigenvalue weighted by Gasteiger charge is 2.22. The Kier molecular flexibility index (Phi) is 7.06. The molecular weight excluding hydrogens is 198 g/mol. The van der Waals surface area contributed by atoms with Gasteiger partial charge >= 0.3 is 0 Å². The maximum absolute atomic E-state index is 6.08. The number of hydrogen-bond donors (Lipinski definition) is 1. The van der Waals surface area contributed by atoms with E-state index in [1.165, 1.54) is 38.5 Å². The summed E-state index contributed by atoms with van der Waals surface area (Å²) in [5.41, 5.74) is 0. The first kappa shape index (κ1) is 14.0. The third kappa shape index (κ3) is 4.84. The van der Waals surface area contributed by atoms with Gasteiger partial charge in [0.1, 0.15) is 0 Å². The lowest BCUT2D eigenvalue weighted by Crippen LogP contribution is -2.44. The molecule has 0 spiro atoms. The SMILES string of the molecule is CCCCC(CC)COC1CCCNC1C. The van der Waals surface area contributed by atoms with Crippen LogP contribution in [0.4, 0.5) is 0 Å². The fraction of sp³-hybridized carbons (Fsp3) is 1.00. The van der Waals surface area contributed by atoms with E-state index in [0.29, 0.717) is 12.1 Å². The third-order valence-corrected chi connectivity index (χ3v) is 3.78. The van der Waals surface area contributed by atoms with E-state index >= 15 is 0 Å². The van der Waals surface area contributed by atoms with Crippen LogP contribution in [0.2, 0.25) is 0 Å². The molecule has 0 aromatic heterocycles. The van der Waals surface area contributed by atoms with Crippen molar-refractivity contribution in [3.05, 3.63) is 0 Å². The summed E-state index contributed by atoms with van der Waals surface area (Å²) in [6.07, 6.45) is 8.19. The predicted octanol–water partition coefficient (Wildman–Crippen LogP) is 3.36. The highest BCUT2D eigenvalue weighted by molar-refractivity contribution is 4.78. The monoisotopic (exact) mass is 227 g/mol. The minimum Gasteiger partial charge on any atom is -0.376 e. The molecule has 1 aliphatic heterocycles. The van der Waals surface area contributed by atoms with E-state index in [-0.39, 0.29) is 0 Å². The number of rotatable bonds is 7. The molecular formula is C14H29NO. The maximum Gasteiger partial charge on any atom is 0.0725 e. The molecule has 96 valence electrons. The summed E-state index contributed by atoms with van der Waals surface area (Å²) in [6, 6.07) is 0.539. The van der Waals surface area contributed by atoms with E-state index in [4.69, 9.17) is 4.74 Å². The van der Waals surface area contributed by atoms with Gasteiger partial charge in [-0.05, 0) is 38.6 Å². The lowest BCUT2D eigenvalue weighted by molar-refractivity contribution is -0.00817. The second-order valence-corrected chi connectivity index (χ2v) is 5.17. The van der Waals surface area contributed by atoms with Gasteiger partial charge in [0, 0.05) is 12.6 Å². The normalized spacial score (nSPS) is 27.9. The molecule has 1 saturated heterocycles. The molecule has 1 heterocycles. The predicted molar refractivity (Wildman–Crippen MR) is 69.7 cm³/mol. The Bertz CT molecular complexity index is 172. The van der Waals surface area contributed by atoms with Crippen LogP contribution >= 0.6 is 0 Å². The highest BCUT2D eigenvalue weighted by atomic mass is 16.5. The van der Waals surface area contributed by atoms with Crippen molar-refractivity contribution in [2.45, 2.75) is 71.4 Å². The van der Waals surface area contributed by atoms with Crippen molar-refractivity contribution >= 4 is 0 Å². The quantitative estimate of drug-likeness (QED) is 0.720. The fourth-order valence-electron chi connectivity index (χ4n) is 2.40. The van der Waals surface area contributed by atoms with Crippen LogP contribution in [0.3, 0.4) is 0 Å². The minimum absolute atomic E-state index is 0.449. The molecule has 1 N–H and O–H groups in total. The Balaban J connectivity index is 2.19. The molecule has 0 radical (unpaired) electrons. The largest absolute Gasteiger partial charge is 0.376 e. The molecule has 0 aromatic rings. The Labute approximate surface area is 101 Å². The minimum atomic E-state index is 0.449. The van der Waals surface area contributed by atoms with Crippen molar-refractivity contribution < 1.29 is 4.74 Å². The molecule has 1 fully saturated rings. The van der Waals surface area contributed by atoms with Gasteiger partial charge < -0.3 is 10.1 Å². The third-order valence-electron chi connectivity index (χ3n) is 3.78. The van der Waals surface area contributed by atoms with Gasteiger partial charge in [-0.25, -0.2) is 0 Å². The van der Waals surface area contributed by atoms with Crippen LogP contribution in [0, 0.1) is 5.92 Å². The average Bonchev–Trinajstić information content (AvgIpc) is 2.31. The van der Waals surface area contributed by atoms with Crippen molar-refractivity contribution in [1.82, 2.24) is 5.32 Å². The second kappa shape index (κ2) is 8.08. The zero-order chi connectivity index (χ0) is 11.8. The van der Waals surface area contributed by atoms with Gasteiger partial charge in [-0.3, -0.25) is 0 Å². The van der Waals surface area contributed by atoms with Gasteiger partial charge in [0.25, 0.3) is 0 Å². The standard InChI is InChI=1S/C14H29NO/c1-4-6-8-13(5-2)11-16-14-9-7-10-15-12(14)3/h12-15H,4-11H2,1-3H3. The van der Waals surface area contributed by atoms with E-state index in [1.54, 1.807) is 0 Å². The van der Waals surface area contributed by atoms with Gasteiger partial charge in [0.2, 0.25) is 0 Å². The van der Waals surface area contributed by atoms with E-state index < -0.39 is 0 Å². The topological polar surface area (TPSA) is 21.3 Å². The highest BCUT2D eigenvalue weighted by Crippen LogP contribution is 2.17. The smallest absolute Gasteiger partial charge is 0.0725 e. The second-order valence-electron chi connectivity index (χ2n) is 5.17. The molecule has 3 unspecified atom stereocenters. The van der Waals surface area contributed by atoms with Crippen molar-refractivity contribution in [3.8, 4) is 0 Å². The van der Waals surface area contributed by atoms with Crippen LogP contribution in [-0.4, -0.2) is 25.3 Å². The zero-order valence-electron chi connectivity index (χ0n) is 11.3. The maximum atomic E-state index is 6.08. The first-order valence-electron chi connectivity index (χ1n) is 7.12. The summed E-state index contributed by atoms with van der Waals surface area (Å²) in [7, 11) is 0. The molecule has 0 amide bonds. The van der Waals surface area contributed by atoms with Gasteiger partial charge in [0.05, 0.1) is 6.10 Å². The summed E-state index contributed by atoms with van der Waals surface area (Å²) >= 11 is 0. The molecule has 1 aliphatic rings. The molecule has 1 rings (SSSR count). The average molecular weight is 227 g/mol. The number of hydrogen-bond acceptors (Lipinski definition) is 2. The first-order chi connectivity index (χ1) is 7.77. The van der Waals surface area contributed by atoms with Crippen LogP contribution in [-0.2, 0) is 4.74 Å². The van der Waals surface area contributed by atoms with Gasteiger partial charge in [-0.15, -0.1) is 0 Å². The summed E-state index contributed by atoms with van der Waals surface area (Å²) in [5.74, 6) is 0.772. The van der Waals surface area contributed by atoms with Crippen molar-refractivity contribution in [3.63, 3.8) is 0 Å². The van der Waals surface area contributed by atoms with Crippen LogP contribution in [0.1, 0.15) is 59.3 Å². The molecule has 0 saturated carbocycles. The van der Waals surface area contributed by atoms with Crippen LogP contribution in [0.15, 0.2) is 0 Å². The summed E-state index contributed by atoms with van der Waals surface area (Å²) in [4.78, 5) is 0. The Hall–Kier alpha value is -0.0800. The number of nitrogens with one attached hydrogen (secondary N) is 1. The summed E-state index contributed by atoms with van der Waals surface area (Å²) < 4.78 is 6.08. The van der Waals surface area contributed by atoms with Crippen LogP contribution in [0.25, 0.3) is 0 Å². The van der Waals surface area contributed by atoms with Crippen molar-refractivity contribution in [1.29, 1.82) is 0 Å². The number of piperidine rings is 1.